The van der Waals surface area contributed by atoms with E-state index >= 15 is 0 Å². The number of thiocarbonyl (C=S) groups is 1. The molecular formula is C34H31F4N3O5S2. The molecule has 2 aliphatic heterocycles. The zero-order chi connectivity index (χ0) is 34.4. The Kier molecular flexibility index (Phi) is 11.3. The fraction of sp³-hybridized carbons (Fsp3) is 0.294. The molecule has 2 saturated heterocycles. The number of allylic oxidation sites excluding steroid dienone is 1. The zero-order valence-electron chi connectivity index (χ0n) is 25.5. The molecule has 0 aliphatic carbocycles. The molecule has 2 aliphatic rings. The minimum atomic E-state index is -4.86. The molecule has 0 aromatic heterocycles. The molecule has 2 fully saturated rings. The van der Waals surface area contributed by atoms with Crippen molar-refractivity contribution >= 4 is 57.3 Å². The van der Waals surface area contributed by atoms with Crippen molar-refractivity contribution < 1.29 is 41.8 Å². The van der Waals surface area contributed by atoms with Gasteiger partial charge in [0.25, 0.3) is 5.91 Å². The Hall–Kier alpha value is -4.11. The summed E-state index contributed by atoms with van der Waals surface area (Å²) in [5, 5.41) is 11.7. The molecule has 14 heteroatoms. The minimum Gasteiger partial charge on any atom is -0.478 e. The number of carboxylic acid groups (broad SMARTS) is 1. The lowest BCUT2D eigenvalue weighted by molar-refractivity contribution is -0.140. The summed E-state index contributed by atoms with van der Waals surface area (Å²) < 4.78 is 60.1. The third-order valence-corrected chi connectivity index (χ3v) is 9.41. The van der Waals surface area contributed by atoms with Crippen molar-refractivity contribution in [1.82, 2.24) is 9.80 Å². The first-order valence-corrected chi connectivity index (χ1v) is 16.3. The van der Waals surface area contributed by atoms with Gasteiger partial charge in [-0.2, -0.15) is 13.2 Å². The van der Waals surface area contributed by atoms with E-state index in [1.54, 1.807) is 24.3 Å². The second-order valence-electron chi connectivity index (χ2n) is 11.1. The summed E-state index contributed by atoms with van der Waals surface area (Å²) in [6, 6.07) is 15.3. The van der Waals surface area contributed by atoms with E-state index in [0.29, 0.717) is 53.3 Å². The number of hydrogen-bond donors (Lipinski definition) is 2. The summed E-state index contributed by atoms with van der Waals surface area (Å²) in [6.07, 6.45) is -3.79. The van der Waals surface area contributed by atoms with Gasteiger partial charge in [0, 0.05) is 31.7 Å². The van der Waals surface area contributed by atoms with Crippen LogP contribution in [0, 0.1) is 5.82 Å². The predicted octanol–water partition coefficient (Wildman–Crippen LogP) is 6.92. The number of carboxylic acids is 1. The maximum atomic E-state index is 14.0. The first-order chi connectivity index (χ1) is 22.9. The Labute approximate surface area is 283 Å². The van der Waals surface area contributed by atoms with Crippen molar-refractivity contribution in [2.45, 2.75) is 25.4 Å². The van der Waals surface area contributed by atoms with Crippen LogP contribution >= 0.6 is 24.0 Å². The summed E-state index contributed by atoms with van der Waals surface area (Å²) in [5.41, 5.74) is 1.01. The minimum absolute atomic E-state index is 0.00407. The molecule has 3 aromatic rings. The van der Waals surface area contributed by atoms with Gasteiger partial charge in [-0.15, -0.1) is 0 Å². The van der Waals surface area contributed by atoms with Crippen LogP contribution in [0.25, 0.3) is 16.7 Å². The van der Waals surface area contributed by atoms with E-state index in [1.165, 1.54) is 35.2 Å². The first-order valence-electron chi connectivity index (χ1n) is 15.1. The summed E-state index contributed by atoms with van der Waals surface area (Å²) >= 11 is 6.65. The van der Waals surface area contributed by atoms with Crippen molar-refractivity contribution in [1.29, 1.82) is 0 Å². The molecule has 0 saturated carbocycles. The van der Waals surface area contributed by atoms with E-state index in [4.69, 9.17) is 22.1 Å². The van der Waals surface area contributed by atoms with Crippen LogP contribution in [0.4, 0.5) is 23.2 Å². The van der Waals surface area contributed by atoms with Gasteiger partial charge in [-0.3, -0.25) is 19.4 Å². The van der Waals surface area contributed by atoms with E-state index in [2.05, 4.69) is 10.2 Å². The monoisotopic (exact) mass is 701 g/mol. The van der Waals surface area contributed by atoms with Crippen molar-refractivity contribution in [2.75, 3.05) is 44.7 Å². The zero-order valence-corrected chi connectivity index (χ0v) is 27.2. The van der Waals surface area contributed by atoms with Crippen LogP contribution in [0.15, 0.2) is 71.6 Å². The number of aromatic carboxylic acids is 1. The number of carbonyl (C=O) groups is 3. The van der Waals surface area contributed by atoms with E-state index in [-0.39, 0.29) is 34.3 Å². The van der Waals surface area contributed by atoms with Gasteiger partial charge < -0.3 is 15.2 Å². The van der Waals surface area contributed by atoms with Gasteiger partial charge in [0.15, 0.2) is 0 Å². The van der Waals surface area contributed by atoms with Crippen LogP contribution in [-0.4, -0.2) is 76.4 Å². The highest BCUT2D eigenvalue weighted by Gasteiger charge is 2.36. The Morgan fingerprint density at radius 1 is 0.938 bits per heavy atom. The summed E-state index contributed by atoms with van der Waals surface area (Å²) in [5.74, 6) is -3.23. The average molecular weight is 702 g/mol. The number of rotatable bonds is 11. The number of ether oxygens (including phenoxy) is 1. The molecule has 2 amide bonds. The highest BCUT2D eigenvalue weighted by molar-refractivity contribution is 8.26. The van der Waals surface area contributed by atoms with Crippen LogP contribution in [-0.2, 0) is 20.5 Å². The highest BCUT2D eigenvalue weighted by atomic mass is 32.2. The van der Waals surface area contributed by atoms with Gasteiger partial charge >= 0.3 is 12.1 Å². The SMILES string of the molecule is O=C(CCN1C(=O)/C(=C(\CCCN2CCOCC2)c2cccc(-c3ccc(F)c(C(F)(F)F)c3)c2)SC1=S)Nc1ccc(C(=O)O)cc1. The normalized spacial score (nSPS) is 16.7. The molecule has 0 unspecified atom stereocenters. The molecule has 3 aromatic carbocycles. The molecule has 48 heavy (non-hydrogen) atoms. The Balaban J connectivity index is 1.38. The summed E-state index contributed by atoms with van der Waals surface area (Å²) in [6.45, 7) is 3.58. The van der Waals surface area contributed by atoms with Gasteiger partial charge in [0.2, 0.25) is 5.91 Å². The average Bonchev–Trinajstić information content (AvgIpc) is 3.34. The van der Waals surface area contributed by atoms with Crippen LogP contribution in [0.1, 0.15) is 40.7 Å². The van der Waals surface area contributed by atoms with Gasteiger partial charge in [0.05, 0.1) is 29.2 Å². The predicted molar refractivity (Wildman–Crippen MR) is 179 cm³/mol. The molecule has 0 atom stereocenters. The highest BCUT2D eigenvalue weighted by Crippen LogP contribution is 2.40. The fourth-order valence-electron chi connectivity index (χ4n) is 5.41. The molecule has 2 N–H and O–H groups in total. The maximum Gasteiger partial charge on any atom is 0.419 e. The number of amides is 2. The summed E-state index contributed by atoms with van der Waals surface area (Å²) in [4.78, 5) is 41.5. The van der Waals surface area contributed by atoms with Crippen molar-refractivity contribution in [3.8, 4) is 11.1 Å². The van der Waals surface area contributed by atoms with Crippen molar-refractivity contribution in [3.05, 3.63) is 94.1 Å². The quantitative estimate of drug-likeness (QED) is 0.126. The lowest BCUT2D eigenvalue weighted by Gasteiger charge is -2.26. The molecule has 252 valence electrons. The Bertz CT molecular complexity index is 1740. The molecule has 5 rings (SSSR count). The van der Waals surface area contributed by atoms with Crippen LogP contribution in [0.2, 0.25) is 0 Å². The molecule has 2 heterocycles. The first kappa shape index (κ1) is 35.2. The number of benzene rings is 3. The second-order valence-corrected chi connectivity index (χ2v) is 12.8. The number of halogens is 4. The van der Waals surface area contributed by atoms with E-state index in [0.717, 1.165) is 43.5 Å². The maximum absolute atomic E-state index is 14.0. The third-order valence-electron chi connectivity index (χ3n) is 7.92. The Morgan fingerprint density at radius 2 is 1.65 bits per heavy atom. The van der Waals surface area contributed by atoms with Crippen LogP contribution in [0.3, 0.4) is 0 Å². The number of anilines is 1. The molecular weight excluding hydrogens is 671 g/mol. The summed E-state index contributed by atoms with van der Waals surface area (Å²) in [7, 11) is 0. The standard InChI is InChI=1S/C34H31F4N3O5S2/c35-28-11-8-23(20-27(28)34(36,37)38)22-3-1-4-24(19-22)26(5-2-13-40-15-17-46-18-16-40)30-31(43)41(33(47)48-30)14-12-29(42)39-25-9-6-21(7-10-25)32(44)45/h1,3-4,6-11,19-20H,2,5,12-18H2,(H,39,42)(H,44,45)/b30-26-. The van der Waals surface area contributed by atoms with Crippen molar-refractivity contribution in [2.24, 2.45) is 0 Å². The Morgan fingerprint density at radius 3 is 2.33 bits per heavy atom. The second kappa shape index (κ2) is 15.4. The number of nitrogens with one attached hydrogen (secondary N) is 1. The number of morpholine rings is 1. The molecule has 8 nitrogen and oxygen atoms in total. The fourth-order valence-corrected chi connectivity index (χ4v) is 6.83. The molecule has 0 radical (unpaired) electrons. The van der Waals surface area contributed by atoms with E-state index in [9.17, 15) is 31.9 Å². The van der Waals surface area contributed by atoms with E-state index < -0.39 is 29.4 Å². The van der Waals surface area contributed by atoms with Gasteiger partial charge in [0.1, 0.15) is 10.1 Å². The number of thioether (sulfide) groups is 1. The molecule has 0 bridgehead atoms. The smallest absolute Gasteiger partial charge is 0.419 e. The lowest BCUT2D eigenvalue weighted by Crippen LogP contribution is -2.36. The number of nitrogens with zero attached hydrogens (tertiary/aromatic N) is 2. The van der Waals surface area contributed by atoms with Gasteiger partial charge in [-0.1, -0.05) is 48.2 Å². The van der Waals surface area contributed by atoms with Crippen LogP contribution < -0.4 is 5.32 Å². The van der Waals surface area contributed by atoms with Crippen molar-refractivity contribution in [3.63, 3.8) is 0 Å². The third kappa shape index (κ3) is 8.67. The van der Waals surface area contributed by atoms with Gasteiger partial charge in [-0.05, 0) is 84.1 Å². The number of alkyl halides is 3. The number of carbonyl (C=O) groups excluding carboxylic acids is 2. The molecule has 0 spiro atoms. The largest absolute Gasteiger partial charge is 0.478 e. The van der Waals surface area contributed by atoms with E-state index in [1.807, 2.05) is 0 Å². The van der Waals surface area contributed by atoms with Crippen LogP contribution in [0.5, 0.6) is 0 Å². The number of hydrogen-bond acceptors (Lipinski definition) is 7. The topological polar surface area (TPSA) is 99.2 Å². The van der Waals surface area contributed by atoms with Gasteiger partial charge in [-0.25, -0.2) is 9.18 Å². The lowest BCUT2D eigenvalue weighted by atomic mass is 9.95.